The average molecular weight is 370 g/mol. The molecule has 0 radical (unpaired) electrons. The van der Waals surface area contributed by atoms with E-state index in [0.717, 1.165) is 22.5 Å². The van der Waals surface area contributed by atoms with Gasteiger partial charge < -0.3 is 15.4 Å². The van der Waals surface area contributed by atoms with Gasteiger partial charge in [0.15, 0.2) is 6.10 Å². The molecule has 1 saturated heterocycles. The molecular formula is C20H26N4O3. The molecule has 144 valence electrons. The van der Waals surface area contributed by atoms with Gasteiger partial charge in [-0.2, -0.15) is 5.10 Å². The van der Waals surface area contributed by atoms with Gasteiger partial charge in [-0.15, -0.1) is 0 Å². The van der Waals surface area contributed by atoms with Gasteiger partial charge in [-0.05, 0) is 33.3 Å². The van der Waals surface area contributed by atoms with Crippen LogP contribution in [0.3, 0.4) is 0 Å². The maximum absolute atomic E-state index is 12.8. The highest BCUT2D eigenvalue weighted by Crippen LogP contribution is 2.23. The summed E-state index contributed by atoms with van der Waals surface area (Å²) in [7, 11) is 0. The number of rotatable bonds is 5. The second-order valence-electron chi connectivity index (χ2n) is 7.09. The topological polar surface area (TPSA) is 85.2 Å². The van der Waals surface area contributed by atoms with E-state index in [1.165, 1.54) is 0 Å². The van der Waals surface area contributed by atoms with E-state index in [-0.39, 0.29) is 24.5 Å². The van der Waals surface area contributed by atoms with Crippen molar-refractivity contribution in [3.05, 3.63) is 52.8 Å². The molecule has 2 aromatic rings. The maximum atomic E-state index is 12.8. The number of ether oxygens (including phenoxy) is 1. The Labute approximate surface area is 159 Å². The van der Waals surface area contributed by atoms with Crippen molar-refractivity contribution >= 4 is 11.8 Å². The minimum Gasteiger partial charge on any atom is -0.356 e. The van der Waals surface area contributed by atoms with Gasteiger partial charge in [-0.3, -0.25) is 14.3 Å². The van der Waals surface area contributed by atoms with Gasteiger partial charge in [-0.25, -0.2) is 0 Å². The Kier molecular flexibility index (Phi) is 5.60. The highest BCUT2D eigenvalue weighted by molar-refractivity contribution is 5.86. The SMILES string of the molecule is Cc1nn(C(C)C)c(C)c1CNC(=O)[C@H]1OCC(=O)N[C@@H]1c1ccccc1. The molecule has 1 aromatic carbocycles. The molecule has 1 aliphatic rings. The van der Waals surface area contributed by atoms with Crippen molar-refractivity contribution in [2.45, 2.75) is 52.4 Å². The van der Waals surface area contributed by atoms with Gasteiger partial charge >= 0.3 is 0 Å². The summed E-state index contributed by atoms with van der Waals surface area (Å²) in [5.74, 6) is -0.474. The number of amides is 2. The minimum absolute atomic E-state index is 0.120. The second kappa shape index (κ2) is 7.92. The molecule has 3 rings (SSSR count). The van der Waals surface area contributed by atoms with Crippen molar-refractivity contribution in [3.8, 4) is 0 Å². The number of carbonyl (C=O) groups is 2. The summed E-state index contributed by atoms with van der Waals surface area (Å²) in [6.45, 7) is 8.35. The van der Waals surface area contributed by atoms with Crippen molar-refractivity contribution in [1.29, 1.82) is 0 Å². The molecule has 0 aliphatic carbocycles. The molecule has 7 heteroatoms. The summed E-state index contributed by atoms with van der Waals surface area (Å²) in [5.41, 5.74) is 3.79. The van der Waals surface area contributed by atoms with Crippen molar-refractivity contribution < 1.29 is 14.3 Å². The highest BCUT2D eigenvalue weighted by Gasteiger charge is 2.36. The van der Waals surface area contributed by atoms with E-state index in [1.807, 2.05) is 48.9 Å². The number of benzene rings is 1. The van der Waals surface area contributed by atoms with Crippen LogP contribution in [0.25, 0.3) is 0 Å². The number of carbonyl (C=O) groups excluding carboxylic acids is 2. The van der Waals surface area contributed by atoms with E-state index in [4.69, 9.17) is 4.74 Å². The molecule has 1 aliphatic heterocycles. The average Bonchev–Trinajstić information content (AvgIpc) is 2.94. The fourth-order valence-electron chi connectivity index (χ4n) is 3.43. The predicted molar refractivity (Wildman–Crippen MR) is 101 cm³/mol. The molecule has 0 unspecified atom stereocenters. The lowest BCUT2D eigenvalue weighted by Gasteiger charge is -2.31. The fraction of sp³-hybridized carbons (Fsp3) is 0.450. The normalized spacial score (nSPS) is 19.8. The van der Waals surface area contributed by atoms with Crippen LogP contribution in [0.15, 0.2) is 30.3 Å². The van der Waals surface area contributed by atoms with Crippen LogP contribution in [0, 0.1) is 13.8 Å². The number of morpholine rings is 1. The number of nitrogens with zero attached hydrogens (tertiary/aromatic N) is 2. The van der Waals surface area contributed by atoms with Gasteiger partial charge in [0.25, 0.3) is 5.91 Å². The molecule has 2 atom stereocenters. The van der Waals surface area contributed by atoms with Gasteiger partial charge in [0.05, 0.1) is 11.7 Å². The third-order valence-electron chi connectivity index (χ3n) is 4.83. The molecule has 2 N–H and O–H groups in total. The van der Waals surface area contributed by atoms with E-state index in [0.29, 0.717) is 6.54 Å². The van der Waals surface area contributed by atoms with Crippen LogP contribution in [-0.4, -0.2) is 34.3 Å². The zero-order valence-corrected chi connectivity index (χ0v) is 16.2. The third kappa shape index (κ3) is 4.03. The van der Waals surface area contributed by atoms with Crippen molar-refractivity contribution in [2.75, 3.05) is 6.61 Å². The zero-order chi connectivity index (χ0) is 19.6. The lowest BCUT2D eigenvalue weighted by Crippen LogP contribution is -2.52. The number of hydrogen-bond acceptors (Lipinski definition) is 4. The molecule has 7 nitrogen and oxygen atoms in total. The molecule has 2 amide bonds. The largest absolute Gasteiger partial charge is 0.356 e. The summed E-state index contributed by atoms with van der Waals surface area (Å²) in [5, 5.41) is 10.4. The lowest BCUT2D eigenvalue weighted by atomic mass is 9.99. The summed E-state index contributed by atoms with van der Waals surface area (Å²) >= 11 is 0. The smallest absolute Gasteiger partial charge is 0.251 e. The minimum atomic E-state index is -0.772. The maximum Gasteiger partial charge on any atom is 0.251 e. The van der Waals surface area contributed by atoms with Crippen molar-refractivity contribution in [1.82, 2.24) is 20.4 Å². The second-order valence-corrected chi connectivity index (χ2v) is 7.09. The van der Waals surface area contributed by atoms with Crippen LogP contribution in [0.4, 0.5) is 0 Å². The summed E-state index contributed by atoms with van der Waals surface area (Å²) in [4.78, 5) is 24.6. The Morgan fingerprint density at radius 1 is 1.33 bits per heavy atom. The Balaban J connectivity index is 1.74. The molecule has 0 bridgehead atoms. The zero-order valence-electron chi connectivity index (χ0n) is 16.2. The van der Waals surface area contributed by atoms with E-state index in [9.17, 15) is 9.59 Å². The molecule has 0 saturated carbocycles. The van der Waals surface area contributed by atoms with Crippen LogP contribution < -0.4 is 10.6 Å². The van der Waals surface area contributed by atoms with Gasteiger partial charge in [0.2, 0.25) is 5.91 Å². The predicted octanol–water partition coefficient (Wildman–Crippen LogP) is 1.95. The molecule has 2 heterocycles. The van der Waals surface area contributed by atoms with Crippen LogP contribution in [-0.2, 0) is 20.9 Å². The molecule has 1 aromatic heterocycles. The Bertz CT molecular complexity index is 829. The third-order valence-corrected chi connectivity index (χ3v) is 4.83. The Morgan fingerprint density at radius 3 is 2.67 bits per heavy atom. The number of aryl methyl sites for hydroxylation is 1. The molecule has 27 heavy (non-hydrogen) atoms. The van der Waals surface area contributed by atoms with E-state index >= 15 is 0 Å². The monoisotopic (exact) mass is 370 g/mol. The first kappa shape index (κ1) is 19.1. The Morgan fingerprint density at radius 2 is 2.04 bits per heavy atom. The Hall–Kier alpha value is -2.67. The molecule has 0 spiro atoms. The number of hydrogen-bond donors (Lipinski definition) is 2. The highest BCUT2D eigenvalue weighted by atomic mass is 16.5. The first-order valence-electron chi connectivity index (χ1n) is 9.16. The van der Waals surface area contributed by atoms with Crippen molar-refractivity contribution in [2.24, 2.45) is 0 Å². The quantitative estimate of drug-likeness (QED) is 0.842. The first-order chi connectivity index (χ1) is 12.9. The standard InChI is InChI=1S/C20H26N4O3/c1-12(2)24-14(4)16(13(3)23-24)10-21-20(26)19-18(22-17(25)11-27-19)15-8-6-5-7-9-15/h5-9,12,18-19H,10-11H2,1-4H3,(H,21,26)(H,22,25)/t18-,19+/m1/s1. The summed E-state index contributed by atoms with van der Waals surface area (Å²) in [6.07, 6.45) is -0.772. The number of aromatic nitrogens is 2. The summed E-state index contributed by atoms with van der Waals surface area (Å²) in [6, 6.07) is 9.14. The van der Waals surface area contributed by atoms with Crippen molar-refractivity contribution in [3.63, 3.8) is 0 Å². The number of nitrogens with one attached hydrogen (secondary N) is 2. The molecular weight excluding hydrogens is 344 g/mol. The lowest BCUT2D eigenvalue weighted by molar-refractivity contribution is -0.148. The van der Waals surface area contributed by atoms with Crippen LogP contribution in [0.1, 0.15) is 48.4 Å². The van der Waals surface area contributed by atoms with E-state index in [1.54, 1.807) is 0 Å². The van der Waals surface area contributed by atoms with Crippen LogP contribution >= 0.6 is 0 Å². The fourth-order valence-corrected chi connectivity index (χ4v) is 3.43. The first-order valence-corrected chi connectivity index (χ1v) is 9.16. The van der Waals surface area contributed by atoms with Gasteiger partial charge in [-0.1, -0.05) is 30.3 Å². The van der Waals surface area contributed by atoms with Crippen LogP contribution in [0.2, 0.25) is 0 Å². The van der Waals surface area contributed by atoms with Gasteiger partial charge in [0.1, 0.15) is 6.61 Å². The van der Waals surface area contributed by atoms with E-state index < -0.39 is 12.1 Å². The molecule has 1 fully saturated rings. The van der Waals surface area contributed by atoms with E-state index in [2.05, 4.69) is 29.6 Å². The van der Waals surface area contributed by atoms with Gasteiger partial charge in [0, 0.05) is 23.8 Å². The summed E-state index contributed by atoms with van der Waals surface area (Å²) < 4.78 is 7.53. The van der Waals surface area contributed by atoms with Crippen LogP contribution in [0.5, 0.6) is 0 Å².